The van der Waals surface area contributed by atoms with Crippen molar-refractivity contribution >= 4 is 12.1 Å². The molecule has 1 aromatic carbocycles. The van der Waals surface area contributed by atoms with Crippen LogP contribution in [0.1, 0.15) is 12.0 Å². The third-order valence-electron chi connectivity index (χ3n) is 1.51. The normalized spacial score (nSPS) is 9.87. The lowest BCUT2D eigenvalue weighted by Gasteiger charge is -1.94. The number of hydrazone groups is 1. The third-order valence-corrected chi connectivity index (χ3v) is 1.51. The van der Waals surface area contributed by atoms with Crippen LogP contribution in [0.25, 0.3) is 0 Å². The molecule has 0 unspecified atom stereocenters. The number of nitrogens with zero attached hydrogens (tertiary/aromatic N) is 2. The number of carbonyl (C=O) groups is 1. The summed E-state index contributed by atoms with van der Waals surface area (Å²) >= 11 is 0. The maximum atomic E-state index is 12.5. The van der Waals surface area contributed by atoms with Gasteiger partial charge in [0.1, 0.15) is 12.2 Å². The van der Waals surface area contributed by atoms with Gasteiger partial charge < -0.3 is 0 Å². The number of hydrogen-bond donors (Lipinski definition) is 1. The van der Waals surface area contributed by atoms with Crippen LogP contribution in [0.3, 0.4) is 0 Å². The second-order valence-corrected chi connectivity index (χ2v) is 2.68. The van der Waals surface area contributed by atoms with Gasteiger partial charge in [0.15, 0.2) is 0 Å². The minimum atomic E-state index is -0.476. The van der Waals surface area contributed by atoms with Gasteiger partial charge in [-0.15, -0.1) is 0 Å². The highest BCUT2D eigenvalue weighted by atomic mass is 19.1. The van der Waals surface area contributed by atoms with E-state index in [4.69, 9.17) is 5.26 Å². The standard InChI is InChI=1S/C10H8FN3O/c11-9-3-1-8(2-4-9)7-13-14-10(15)5-6-12/h1-4,7H,5H2,(H,14,15)/b13-7+. The first-order valence-electron chi connectivity index (χ1n) is 4.17. The first-order valence-corrected chi connectivity index (χ1v) is 4.17. The Hall–Kier alpha value is -2.22. The average molecular weight is 205 g/mol. The largest absolute Gasteiger partial charge is 0.272 e. The highest BCUT2D eigenvalue weighted by Gasteiger charge is 1.95. The quantitative estimate of drug-likeness (QED) is 0.595. The molecule has 1 aromatic rings. The van der Waals surface area contributed by atoms with Crippen LogP contribution in [0.4, 0.5) is 4.39 Å². The number of carbonyl (C=O) groups excluding carboxylic acids is 1. The molecule has 76 valence electrons. The van der Waals surface area contributed by atoms with Crippen LogP contribution in [-0.2, 0) is 4.79 Å². The minimum Gasteiger partial charge on any atom is -0.272 e. The average Bonchev–Trinajstić information content (AvgIpc) is 2.21. The molecule has 0 radical (unpaired) electrons. The van der Waals surface area contributed by atoms with Gasteiger partial charge in [-0.05, 0) is 17.7 Å². The van der Waals surface area contributed by atoms with E-state index in [1.807, 2.05) is 0 Å². The van der Waals surface area contributed by atoms with Crippen LogP contribution in [0, 0.1) is 17.1 Å². The molecule has 0 saturated carbocycles. The SMILES string of the molecule is N#CCC(=O)N/N=C/c1ccc(F)cc1. The predicted octanol–water partition coefficient (Wildman–Crippen LogP) is 1.19. The zero-order valence-corrected chi connectivity index (χ0v) is 7.77. The maximum Gasteiger partial charge on any atom is 0.254 e. The lowest BCUT2D eigenvalue weighted by atomic mass is 10.2. The van der Waals surface area contributed by atoms with Crippen molar-refractivity contribution in [3.63, 3.8) is 0 Å². The first-order chi connectivity index (χ1) is 7.22. The van der Waals surface area contributed by atoms with Gasteiger partial charge in [0.2, 0.25) is 0 Å². The Labute approximate surface area is 86.0 Å². The molecule has 0 saturated heterocycles. The number of benzene rings is 1. The van der Waals surface area contributed by atoms with Crippen molar-refractivity contribution in [2.75, 3.05) is 0 Å². The Balaban J connectivity index is 2.48. The van der Waals surface area contributed by atoms with Crippen molar-refractivity contribution < 1.29 is 9.18 Å². The van der Waals surface area contributed by atoms with E-state index in [1.54, 1.807) is 6.07 Å². The van der Waals surface area contributed by atoms with Crippen LogP contribution < -0.4 is 5.43 Å². The molecule has 0 fully saturated rings. The summed E-state index contributed by atoms with van der Waals surface area (Å²) in [4.78, 5) is 10.8. The molecule has 0 bridgehead atoms. The number of nitriles is 1. The van der Waals surface area contributed by atoms with Crippen molar-refractivity contribution in [2.45, 2.75) is 6.42 Å². The Kier molecular flexibility index (Phi) is 3.98. The topological polar surface area (TPSA) is 65.2 Å². The van der Waals surface area contributed by atoms with Crippen molar-refractivity contribution in [1.82, 2.24) is 5.43 Å². The molecular weight excluding hydrogens is 197 g/mol. The number of amides is 1. The molecule has 0 heterocycles. The molecule has 0 aliphatic carbocycles. The summed E-state index contributed by atoms with van der Waals surface area (Å²) < 4.78 is 12.5. The lowest BCUT2D eigenvalue weighted by Crippen LogP contribution is -2.16. The summed E-state index contributed by atoms with van der Waals surface area (Å²) in [7, 11) is 0. The van der Waals surface area contributed by atoms with Crippen LogP contribution in [0.5, 0.6) is 0 Å². The Morgan fingerprint density at radius 2 is 2.20 bits per heavy atom. The van der Waals surface area contributed by atoms with Crippen molar-refractivity contribution in [3.05, 3.63) is 35.6 Å². The second-order valence-electron chi connectivity index (χ2n) is 2.68. The van der Waals surface area contributed by atoms with Gasteiger partial charge in [0.05, 0.1) is 12.3 Å². The molecule has 4 nitrogen and oxygen atoms in total. The summed E-state index contributed by atoms with van der Waals surface area (Å²) in [5.41, 5.74) is 2.82. The molecule has 15 heavy (non-hydrogen) atoms. The van der Waals surface area contributed by atoms with E-state index < -0.39 is 5.91 Å². The van der Waals surface area contributed by atoms with Crippen LogP contribution >= 0.6 is 0 Å². The monoisotopic (exact) mass is 205 g/mol. The third kappa shape index (κ3) is 4.00. The van der Waals surface area contributed by atoms with E-state index in [-0.39, 0.29) is 12.2 Å². The number of halogens is 1. The molecule has 1 N–H and O–H groups in total. The van der Waals surface area contributed by atoms with E-state index in [0.29, 0.717) is 5.56 Å². The zero-order valence-electron chi connectivity index (χ0n) is 7.77. The van der Waals surface area contributed by atoms with Gasteiger partial charge in [-0.25, -0.2) is 9.82 Å². The molecule has 0 atom stereocenters. The van der Waals surface area contributed by atoms with Gasteiger partial charge in [0, 0.05) is 0 Å². The molecule has 0 aliphatic heterocycles. The number of rotatable bonds is 3. The van der Waals surface area contributed by atoms with Crippen LogP contribution in [0.2, 0.25) is 0 Å². The summed E-state index contributed by atoms with van der Waals surface area (Å²) in [5, 5.41) is 11.8. The van der Waals surface area contributed by atoms with Crippen LogP contribution in [-0.4, -0.2) is 12.1 Å². The summed E-state index contributed by atoms with van der Waals surface area (Å²) in [6, 6.07) is 7.31. The van der Waals surface area contributed by atoms with Gasteiger partial charge in [0.25, 0.3) is 5.91 Å². The minimum absolute atomic E-state index is 0.235. The van der Waals surface area contributed by atoms with Gasteiger partial charge >= 0.3 is 0 Å². The van der Waals surface area contributed by atoms with E-state index in [0.717, 1.165) is 0 Å². The highest BCUT2D eigenvalue weighted by molar-refractivity contribution is 5.82. The molecule has 0 aliphatic rings. The van der Waals surface area contributed by atoms with Gasteiger partial charge in [-0.3, -0.25) is 4.79 Å². The Bertz CT molecular complexity index is 406. The fourth-order valence-corrected chi connectivity index (χ4v) is 0.839. The fraction of sp³-hybridized carbons (Fsp3) is 0.100. The summed E-state index contributed by atoms with van der Waals surface area (Å²) in [6.07, 6.45) is 1.13. The van der Waals surface area contributed by atoms with Gasteiger partial charge in [-0.1, -0.05) is 12.1 Å². The molecule has 1 amide bonds. The maximum absolute atomic E-state index is 12.5. The van der Waals surface area contributed by atoms with E-state index >= 15 is 0 Å². The second kappa shape index (κ2) is 5.50. The number of nitrogens with one attached hydrogen (secondary N) is 1. The lowest BCUT2D eigenvalue weighted by molar-refractivity contribution is -0.120. The highest BCUT2D eigenvalue weighted by Crippen LogP contribution is 1.99. The molecule has 0 aromatic heterocycles. The summed E-state index contributed by atoms with van der Waals surface area (Å²) in [5.74, 6) is -0.809. The van der Waals surface area contributed by atoms with Crippen molar-refractivity contribution in [3.8, 4) is 6.07 Å². The van der Waals surface area contributed by atoms with Crippen LogP contribution in [0.15, 0.2) is 29.4 Å². The fourth-order valence-electron chi connectivity index (χ4n) is 0.839. The molecule has 5 heteroatoms. The summed E-state index contributed by atoms with van der Waals surface area (Å²) in [6.45, 7) is 0. The Morgan fingerprint density at radius 1 is 1.53 bits per heavy atom. The first kappa shape index (κ1) is 10.9. The van der Waals surface area contributed by atoms with Crippen molar-refractivity contribution in [2.24, 2.45) is 5.10 Å². The molecule has 0 spiro atoms. The van der Waals surface area contributed by atoms with E-state index in [1.165, 1.54) is 30.5 Å². The smallest absolute Gasteiger partial charge is 0.254 e. The molecule has 1 rings (SSSR count). The molecular formula is C10H8FN3O. The Morgan fingerprint density at radius 3 is 2.80 bits per heavy atom. The van der Waals surface area contributed by atoms with Gasteiger partial charge in [-0.2, -0.15) is 10.4 Å². The van der Waals surface area contributed by atoms with E-state index in [9.17, 15) is 9.18 Å². The zero-order chi connectivity index (χ0) is 11.1. The predicted molar refractivity (Wildman–Crippen MR) is 52.4 cm³/mol. The van der Waals surface area contributed by atoms with E-state index in [2.05, 4.69) is 10.5 Å². The van der Waals surface area contributed by atoms with Crippen molar-refractivity contribution in [1.29, 1.82) is 5.26 Å². The number of hydrogen-bond acceptors (Lipinski definition) is 3.